The quantitative estimate of drug-likeness (QED) is 0.392. The number of hydrogen-bond acceptors (Lipinski definition) is 8. The van der Waals surface area contributed by atoms with Crippen molar-refractivity contribution >= 4 is 23.6 Å². The molecule has 172 valence electrons. The van der Waals surface area contributed by atoms with Crippen molar-refractivity contribution in [2.45, 2.75) is 5.16 Å². The van der Waals surface area contributed by atoms with Crippen molar-refractivity contribution in [2.75, 3.05) is 36.8 Å². The van der Waals surface area contributed by atoms with Crippen LogP contribution in [0.3, 0.4) is 0 Å². The molecular weight excluding hydrogens is 455 g/mol. The number of aromatic nitrogens is 6. The van der Waals surface area contributed by atoms with Gasteiger partial charge in [0.1, 0.15) is 5.82 Å². The third-order valence-corrected chi connectivity index (χ3v) is 6.36. The van der Waals surface area contributed by atoms with Crippen molar-refractivity contribution in [2.24, 2.45) is 0 Å². The lowest BCUT2D eigenvalue weighted by Gasteiger charge is -2.34. The van der Waals surface area contributed by atoms with E-state index in [1.165, 1.54) is 23.9 Å². The van der Waals surface area contributed by atoms with Gasteiger partial charge in [-0.25, -0.2) is 14.4 Å². The summed E-state index contributed by atoms with van der Waals surface area (Å²) in [7, 11) is 0. The zero-order valence-electron chi connectivity index (χ0n) is 18.2. The molecule has 0 bridgehead atoms. The van der Waals surface area contributed by atoms with Crippen molar-refractivity contribution in [3.05, 3.63) is 73.1 Å². The smallest absolute Gasteiger partial charge is 0.233 e. The highest BCUT2D eigenvalue weighted by Gasteiger charge is 2.24. The van der Waals surface area contributed by atoms with Gasteiger partial charge in [-0.2, -0.15) is 0 Å². The van der Waals surface area contributed by atoms with Gasteiger partial charge >= 0.3 is 0 Å². The van der Waals surface area contributed by atoms with Gasteiger partial charge in [0, 0.05) is 62.2 Å². The Bertz CT molecular complexity index is 1250. The van der Waals surface area contributed by atoms with Crippen LogP contribution >= 0.6 is 11.8 Å². The number of piperazine rings is 1. The van der Waals surface area contributed by atoms with Crippen molar-refractivity contribution in [3.8, 4) is 17.1 Å². The minimum absolute atomic E-state index is 0.0257. The summed E-state index contributed by atoms with van der Waals surface area (Å²) in [6.45, 7) is 2.56. The van der Waals surface area contributed by atoms with Gasteiger partial charge in [-0.1, -0.05) is 11.8 Å². The van der Waals surface area contributed by atoms with E-state index in [-0.39, 0.29) is 17.5 Å². The Balaban J connectivity index is 1.29. The molecule has 0 radical (unpaired) electrons. The highest BCUT2D eigenvalue weighted by atomic mass is 32.2. The molecule has 4 aromatic rings. The van der Waals surface area contributed by atoms with Crippen LogP contribution in [0.5, 0.6) is 0 Å². The number of thioether (sulfide) groups is 1. The first-order chi connectivity index (χ1) is 16.7. The first kappa shape index (κ1) is 22.0. The summed E-state index contributed by atoms with van der Waals surface area (Å²) in [6.07, 6.45) is 6.78. The van der Waals surface area contributed by atoms with Gasteiger partial charge in [0.05, 0.1) is 5.75 Å². The molecule has 0 aliphatic carbocycles. The van der Waals surface area contributed by atoms with E-state index in [9.17, 15) is 9.18 Å². The Kier molecular flexibility index (Phi) is 6.43. The Labute approximate surface area is 199 Å². The largest absolute Gasteiger partial charge is 0.338 e. The first-order valence-corrected chi connectivity index (χ1v) is 11.7. The summed E-state index contributed by atoms with van der Waals surface area (Å²) >= 11 is 1.31. The maximum atomic E-state index is 13.5. The van der Waals surface area contributed by atoms with E-state index in [0.717, 1.165) is 5.56 Å². The van der Waals surface area contributed by atoms with Gasteiger partial charge in [-0.15, -0.1) is 10.2 Å². The second kappa shape index (κ2) is 9.96. The maximum absolute atomic E-state index is 13.5. The first-order valence-electron chi connectivity index (χ1n) is 10.7. The SMILES string of the molecule is O=C(CSc1nnc(-c2ccncc2)n1-c1ccc(F)cc1)N1CCN(c2ncccn2)CC1. The number of amides is 1. The minimum atomic E-state index is -0.327. The molecule has 11 heteroatoms. The van der Waals surface area contributed by atoms with Gasteiger partial charge in [0.15, 0.2) is 11.0 Å². The van der Waals surface area contributed by atoms with Crippen molar-refractivity contribution in [3.63, 3.8) is 0 Å². The van der Waals surface area contributed by atoms with E-state index >= 15 is 0 Å². The van der Waals surface area contributed by atoms with Gasteiger partial charge in [0.2, 0.25) is 11.9 Å². The molecule has 0 N–H and O–H groups in total. The molecule has 1 aliphatic heterocycles. The summed E-state index contributed by atoms with van der Waals surface area (Å²) in [4.78, 5) is 29.5. The molecule has 0 atom stereocenters. The molecule has 0 unspecified atom stereocenters. The molecule has 1 fully saturated rings. The molecular formula is C23H21FN8OS. The lowest BCUT2D eigenvalue weighted by Crippen LogP contribution is -2.49. The van der Waals surface area contributed by atoms with Crippen LogP contribution in [-0.2, 0) is 4.79 Å². The van der Waals surface area contributed by atoms with E-state index < -0.39 is 0 Å². The number of halogens is 1. The normalized spacial score (nSPS) is 13.8. The number of nitrogens with zero attached hydrogens (tertiary/aromatic N) is 8. The van der Waals surface area contributed by atoms with Gasteiger partial charge < -0.3 is 9.80 Å². The average molecular weight is 477 g/mol. The second-order valence-corrected chi connectivity index (χ2v) is 8.50. The molecule has 1 saturated heterocycles. The number of carbonyl (C=O) groups is 1. The van der Waals surface area contributed by atoms with Gasteiger partial charge in [-0.05, 0) is 42.5 Å². The van der Waals surface area contributed by atoms with Crippen LogP contribution in [-0.4, -0.2) is 72.5 Å². The third kappa shape index (κ3) is 4.74. The van der Waals surface area contributed by atoms with E-state index in [0.29, 0.717) is 48.8 Å². The molecule has 1 aromatic carbocycles. The van der Waals surface area contributed by atoms with E-state index in [1.54, 1.807) is 43.0 Å². The fourth-order valence-corrected chi connectivity index (χ4v) is 4.56. The van der Waals surface area contributed by atoms with Crippen LogP contribution in [0, 0.1) is 5.82 Å². The lowest BCUT2D eigenvalue weighted by atomic mass is 10.2. The molecule has 1 aliphatic rings. The maximum Gasteiger partial charge on any atom is 0.233 e. The van der Waals surface area contributed by atoms with Crippen molar-refractivity contribution < 1.29 is 9.18 Å². The number of hydrogen-bond donors (Lipinski definition) is 0. The summed E-state index contributed by atoms with van der Waals surface area (Å²) in [5, 5.41) is 9.23. The molecule has 9 nitrogen and oxygen atoms in total. The summed E-state index contributed by atoms with van der Waals surface area (Å²) in [5.41, 5.74) is 1.54. The third-order valence-electron chi connectivity index (χ3n) is 5.45. The predicted molar refractivity (Wildman–Crippen MR) is 126 cm³/mol. The predicted octanol–water partition coefficient (Wildman–Crippen LogP) is 2.70. The van der Waals surface area contributed by atoms with Crippen LogP contribution in [0.25, 0.3) is 17.1 Å². The van der Waals surface area contributed by atoms with Crippen LogP contribution in [0.15, 0.2) is 72.4 Å². The van der Waals surface area contributed by atoms with Crippen molar-refractivity contribution in [1.82, 2.24) is 34.6 Å². The van der Waals surface area contributed by atoms with Crippen LogP contribution < -0.4 is 4.90 Å². The Morgan fingerprint density at radius 3 is 2.32 bits per heavy atom. The average Bonchev–Trinajstić information content (AvgIpc) is 3.33. The summed E-state index contributed by atoms with van der Waals surface area (Å²) < 4.78 is 15.4. The lowest BCUT2D eigenvalue weighted by molar-refractivity contribution is -0.128. The minimum Gasteiger partial charge on any atom is -0.338 e. The zero-order chi connectivity index (χ0) is 23.3. The number of benzene rings is 1. The Morgan fingerprint density at radius 1 is 0.912 bits per heavy atom. The Hall–Kier alpha value is -3.86. The molecule has 0 saturated carbocycles. The van der Waals surface area contributed by atoms with Crippen LogP contribution in [0.1, 0.15) is 0 Å². The summed E-state index contributed by atoms with van der Waals surface area (Å²) in [5.74, 6) is 1.20. The molecule has 1 amide bonds. The standard InChI is InChI=1S/C23H21FN8OS/c24-18-2-4-19(5-3-18)32-21(17-6-10-25-11-7-17)28-29-23(32)34-16-20(33)30-12-14-31(15-13-30)22-26-8-1-9-27-22/h1-11H,12-16H2. The second-order valence-electron chi connectivity index (χ2n) is 7.56. The van der Waals surface area contributed by atoms with E-state index in [1.807, 2.05) is 21.6 Å². The molecule has 0 spiro atoms. The fraction of sp³-hybridized carbons (Fsp3) is 0.217. The van der Waals surface area contributed by atoms with Gasteiger partial charge in [0.25, 0.3) is 0 Å². The Morgan fingerprint density at radius 2 is 1.62 bits per heavy atom. The molecule has 5 rings (SSSR count). The summed E-state index contributed by atoms with van der Waals surface area (Å²) in [6, 6.07) is 11.6. The van der Waals surface area contributed by atoms with Crippen molar-refractivity contribution in [1.29, 1.82) is 0 Å². The topological polar surface area (TPSA) is 92.9 Å². The van der Waals surface area contributed by atoms with E-state index in [4.69, 9.17) is 0 Å². The number of anilines is 1. The van der Waals surface area contributed by atoms with Gasteiger partial charge in [-0.3, -0.25) is 14.3 Å². The highest BCUT2D eigenvalue weighted by molar-refractivity contribution is 7.99. The molecule has 34 heavy (non-hydrogen) atoms. The number of pyridine rings is 1. The number of carbonyl (C=O) groups excluding carboxylic acids is 1. The zero-order valence-corrected chi connectivity index (χ0v) is 19.0. The van der Waals surface area contributed by atoms with Crippen LogP contribution in [0.2, 0.25) is 0 Å². The number of rotatable bonds is 6. The highest BCUT2D eigenvalue weighted by Crippen LogP contribution is 2.28. The van der Waals surface area contributed by atoms with Crippen LogP contribution in [0.4, 0.5) is 10.3 Å². The molecule has 3 aromatic heterocycles. The fourth-order valence-electron chi connectivity index (χ4n) is 3.70. The molecule has 4 heterocycles. The monoisotopic (exact) mass is 476 g/mol. The van der Waals surface area contributed by atoms with E-state index in [2.05, 4.69) is 30.0 Å².